The van der Waals surface area contributed by atoms with Crippen LogP contribution in [0.1, 0.15) is 36.5 Å². The number of nitrogens with one attached hydrogen (secondary N) is 1. The second-order valence-corrected chi connectivity index (χ2v) is 10.6. The van der Waals surface area contributed by atoms with Gasteiger partial charge in [0, 0.05) is 56.2 Å². The van der Waals surface area contributed by atoms with Gasteiger partial charge in [-0.05, 0) is 61.9 Å². The third-order valence-electron chi connectivity index (χ3n) is 7.76. The lowest BCUT2D eigenvalue weighted by Crippen LogP contribution is -2.51. The molecule has 0 aromatic heterocycles. The van der Waals surface area contributed by atoms with Gasteiger partial charge in [-0.1, -0.05) is 41.9 Å². The Labute approximate surface area is 240 Å². The van der Waals surface area contributed by atoms with E-state index in [1.54, 1.807) is 35.0 Å². The van der Waals surface area contributed by atoms with Crippen LogP contribution in [0, 0.1) is 6.92 Å². The highest BCUT2D eigenvalue weighted by Gasteiger charge is 2.31. The van der Waals surface area contributed by atoms with Crippen molar-refractivity contribution >= 4 is 47.1 Å². The minimum absolute atomic E-state index is 0.0278. The van der Waals surface area contributed by atoms with E-state index in [1.165, 1.54) is 11.1 Å². The summed E-state index contributed by atoms with van der Waals surface area (Å²) in [5, 5.41) is 3.52. The monoisotopic (exact) mass is 565 g/mol. The van der Waals surface area contributed by atoms with Gasteiger partial charge in [-0.2, -0.15) is 0 Å². The highest BCUT2D eigenvalue weighted by Crippen LogP contribution is 2.27. The molecule has 0 radical (unpaired) electrons. The third kappa shape index (κ3) is 6.47. The molecule has 4 rings (SSSR count). The normalized spacial score (nSPS) is 16.1. The highest BCUT2D eigenvalue weighted by molar-refractivity contribution is 6.32. The number of benzene rings is 2. The van der Waals surface area contributed by atoms with E-state index in [-0.39, 0.29) is 36.0 Å². The zero-order valence-electron chi connectivity index (χ0n) is 23.2. The van der Waals surface area contributed by atoms with Crippen LogP contribution in [0.5, 0.6) is 0 Å². The number of hydrogen-bond acceptors (Lipinski definition) is 4. The van der Waals surface area contributed by atoms with Gasteiger partial charge in [-0.25, -0.2) is 4.79 Å². The summed E-state index contributed by atoms with van der Waals surface area (Å²) in [6, 6.07) is 13.0. The van der Waals surface area contributed by atoms with E-state index >= 15 is 0 Å². The van der Waals surface area contributed by atoms with Gasteiger partial charge in [0.25, 0.3) is 5.91 Å². The van der Waals surface area contributed by atoms with Crippen molar-refractivity contribution in [1.82, 2.24) is 19.6 Å². The predicted molar refractivity (Wildman–Crippen MR) is 156 cm³/mol. The van der Waals surface area contributed by atoms with Crippen molar-refractivity contribution in [3.05, 3.63) is 70.4 Å². The quantitative estimate of drug-likeness (QED) is 0.387. The molecule has 0 aliphatic carbocycles. The number of likely N-dealkylation sites (N-methyl/N-ethyl adjacent to an activating group) is 1. The molecule has 1 fully saturated rings. The summed E-state index contributed by atoms with van der Waals surface area (Å²) < 4.78 is 0. The average Bonchev–Trinajstić information content (AvgIpc) is 3.14. The Morgan fingerprint density at radius 2 is 1.82 bits per heavy atom. The Morgan fingerprint density at radius 1 is 1.10 bits per heavy atom. The van der Waals surface area contributed by atoms with Crippen LogP contribution in [0.2, 0.25) is 5.02 Å². The minimum Gasteiger partial charge on any atom is -0.342 e. The number of rotatable bonds is 8. The molecular formula is C30H36ClN5O4. The van der Waals surface area contributed by atoms with Gasteiger partial charge in [0.05, 0.1) is 5.57 Å². The fourth-order valence-corrected chi connectivity index (χ4v) is 5.36. The topological polar surface area (TPSA) is 93.3 Å². The first-order chi connectivity index (χ1) is 19.2. The first-order valence-corrected chi connectivity index (χ1v) is 14.0. The van der Waals surface area contributed by atoms with Crippen molar-refractivity contribution in [2.24, 2.45) is 0 Å². The summed E-state index contributed by atoms with van der Waals surface area (Å²) in [5.74, 6) is -0.487. The molecule has 40 heavy (non-hydrogen) atoms. The molecule has 212 valence electrons. The smallest absolute Gasteiger partial charge is 0.322 e. The average molecular weight is 566 g/mol. The second-order valence-electron chi connectivity index (χ2n) is 10.2. The molecule has 0 saturated carbocycles. The van der Waals surface area contributed by atoms with E-state index in [0.29, 0.717) is 61.6 Å². The van der Waals surface area contributed by atoms with E-state index in [2.05, 4.69) is 5.32 Å². The fourth-order valence-electron chi connectivity index (χ4n) is 5.19. The van der Waals surface area contributed by atoms with Crippen LogP contribution >= 0.6 is 11.6 Å². The van der Waals surface area contributed by atoms with Gasteiger partial charge in [0.15, 0.2) is 0 Å². The molecule has 0 spiro atoms. The van der Waals surface area contributed by atoms with Crippen LogP contribution in [0.4, 0.5) is 10.5 Å². The number of carbonyl (C=O) groups excluding carboxylic acids is 4. The lowest BCUT2D eigenvalue weighted by atomic mass is 10.00. The number of carbonyl (C=O) groups is 4. The van der Waals surface area contributed by atoms with Gasteiger partial charge >= 0.3 is 6.03 Å². The Kier molecular flexibility index (Phi) is 9.47. The Bertz CT molecular complexity index is 1300. The largest absolute Gasteiger partial charge is 0.342 e. The number of hydrogen-bond donors (Lipinski definition) is 1. The number of urea groups is 1. The van der Waals surface area contributed by atoms with Crippen LogP contribution in [0.15, 0.2) is 48.7 Å². The molecule has 9 nitrogen and oxygen atoms in total. The molecule has 0 unspecified atom stereocenters. The van der Waals surface area contributed by atoms with E-state index in [1.807, 2.05) is 43.0 Å². The van der Waals surface area contributed by atoms with Crippen LogP contribution in [0.25, 0.3) is 5.57 Å². The van der Waals surface area contributed by atoms with Crippen LogP contribution < -0.4 is 5.32 Å². The molecule has 2 aromatic carbocycles. The highest BCUT2D eigenvalue weighted by atomic mass is 35.5. The molecule has 2 aromatic rings. The van der Waals surface area contributed by atoms with Crippen molar-refractivity contribution in [3.8, 4) is 0 Å². The summed E-state index contributed by atoms with van der Waals surface area (Å²) in [4.78, 5) is 57.7. The van der Waals surface area contributed by atoms with Gasteiger partial charge in [0.1, 0.15) is 6.54 Å². The first-order valence-electron chi connectivity index (χ1n) is 13.6. The molecule has 0 bridgehead atoms. The second kappa shape index (κ2) is 13.0. The summed E-state index contributed by atoms with van der Waals surface area (Å²) in [7, 11) is 1.68. The maximum atomic E-state index is 13.2. The lowest BCUT2D eigenvalue weighted by molar-refractivity contribution is -0.135. The van der Waals surface area contributed by atoms with Gasteiger partial charge in [-0.15, -0.1) is 0 Å². The summed E-state index contributed by atoms with van der Waals surface area (Å²) in [5.41, 5.74) is 3.57. The van der Waals surface area contributed by atoms with Crippen molar-refractivity contribution in [2.45, 2.75) is 39.2 Å². The number of halogens is 1. The SMILES string of the molecule is CCN(C)C(=O)/C(=C\N(C=O)CC(=O)N1CCC(N2CCc3ccccc3NC2=O)CC1)c1cccc(Cl)c1C. The molecule has 1 saturated heterocycles. The Morgan fingerprint density at radius 3 is 2.52 bits per heavy atom. The fraction of sp³-hybridized carbons (Fsp3) is 0.400. The Balaban J connectivity index is 1.42. The van der Waals surface area contributed by atoms with Gasteiger partial charge < -0.3 is 24.9 Å². The van der Waals surface area contributed by atoms with Crippen molar-refractivity contribution in [2.75, 3.05) is 45.1 Å². The molecule has 10 heteroatoms. The first kappa shape index (κ1) is 29.1. The molecular weight excluding hydrogens is 530 g/mol. The Hall–Kier alpha value is -3.85. The number of piperidine rings is 1. The van der Waals surface area contributed by atoms with Crippen molar-refractivity contribution in [3.63, 3.8) is 0 Å². The van der Waals surface area contributed by atoms with E-state index in [4.69, 9.17) is 11.6 Å². The summed E-state index contributed by atoms with van der Waals surface area (Å²) in [6.45, 7) is 5.54. The molecule has 1 N–H and O–H groups in total. The summed E-state index contributed by atoms with van der Waals surface area (Å²) >= 11 is 6.32. The van der Waals surface area contributed by atoms with Gasteiger partial charge in [0.2, 0.25) is 12.3 Å². The summed E-state index contributed by atoms with van der Waals surface area (Å²) in [6.07, 6.45) is 4.07. The number of anilines is 1. The third-order valence-corrected chi connectivity index (χ3v) is 8.17. The van der Waals surface area contributed by atoms with E-state index in [0.717, 1.165) is 17.7 Å². The lowest BCUT2D eigenvalue weighted by Gasteiger charge is -2.38. The zero-order valence-corrected chi connectivity index (χ0v) is 24.0. The number of nitrogens with zero attached hydrogens (tertiary/aromatic N) is 4. The number of fused-ring (bicyclic) bond motifs is 1. The van der Waals surface area contributed by atoms with Crippen molar-refractivity contribution in [1.29, 1.82) is 0 Å². The van der Waals surface area contributed by atoms with Crippen LogP contribution in [-0.2, 0) is 20.8 Å². The number of likely N-dealkylation sites (tertiary alicyclic amines) is 1. The van der Waals surface area contributed by atoms with Crippen molar-refractivity contribution < 1.29 is 19.2 Å². The zero-order chi connectivity index (χ0) is 28.8. The molecule has 5 amide bonds. The van der Waals surface area contributed by atoms with Crippen LogP contribution in [0.3, 0.4) is 0 Å². The molecule has 0 atom stereocenters. The molecule has 2 aliphatic rings. The molecule has 2 aliphatic heterocycles. The maximum Gasteiger partial charge on any atom is 0.322 e. The number of amides is 5. The van der Waals surface area contributed by atoms with Gasteiger partial charge in [-0.3, -0.25) is 14.4 Å². The van der Waals surface area contributed by atoms with E-state index in [9.17, 15) is 19.2 Å². The minimum atomic E-state index is -0.272. The van der Waals surface area contributed by atoms with Crippen LogP contribution in [-0.4, -0.2) is 89.7 Å². The maximum absolute atomic E-state index is 13.2. The standard InChI is InChI=1S/C30H36ClN5O4/c1-4-33(3)29(39)25(24-9-7-10-26(31)21(24)2)18-34(20-37)19-28(38)35-15-13-23(14-16-35)36-17-12-22-8-5-6-11-27(22)32-30(36)40/h5-11,18,20,23H,4,12-17,19H2,1-3H3,(H,32,40)/b25-18-. The van der Waals surface area contributed by atoms with E-state index < -0.39 is 0 Å². The number of para-hydroxylation sites is 1. The predicted octanol–water partition coefficient (Wildman–Crippen LogP) is 4.01. The molecule has 2 heterocycles.